The van der Waals surface area contributed by atoms with Crippen molar-refractivity contribution in [2.45, 2.75) is 0 Å². The molecule has 0 fully saturated rings. The van der Waals surface area contributed by atoms with Crippen LogP contribution in [0.4, 0.5) is 10.3 Å². The molecule has 0 aliphatic rings. The van der Waals surface area contributed by atoms with Crippen LogP contribution in [0.2, 0.25) is 0 Å². The summed E-state index contributed by atoms with van der Waals surface area (Å²) >= 11 is 3.01. The molecule has 0 bridgehead atoms. The molecule has 2 aromatic rings. The van der Waals surface area contributed by atoms with Gasteiger partial charge in [0.1, 0.15) is 11.6 Å². The van der Waals surface area contributed by atoms with E-state index in [1.165, 1.54) is 12.3 Å². The second kappa shape index (κ2) is 3.54. The number of halogens is 2. The topological polar surface area (TPSA) is 72.3 Å². The van der Waals surface area contributed by atoms with Gasteiger partial charge in [-0.25, -0.2) is 4.39 Å². The predicted molar refractivity (Wildman–Crippen MR) is 55.7 cm³/mol. The minimum Gasteiger partial charge on any atom is -0.507 e. The van der Waals surface area contributed by atoms with E-state index in [1.54, 1.807) is 0 Å². The van der Waals surface area contributed by atoms with E-state index in [0.717, 1.165) is 6.07 Å². The first-order valence-electron chi connectivity index (χ1n) is 3.98. The molecular formula is C9H6BrFN2O2. The second-order valence-corrected chi connectivity index (χ2v) is 3.74. The van der Waals surface area contributed by atoms with Crippen molar-refractivity contribution >= 4 is 21.8 Å². The largest absolute Gasteiger partial charge is 0.507 e. The monoisotopic (exact) mass is 272 g/mol. The molecule has 4 nitrogen and oxygen atoms in total. The average molecular weight is 273 g/mol. The molecule has 0 saturated heterocycles. The van der Waals surface area contributed by atoms with Gasteiger partial charge in [0.15, 0.2) is 0 Å². The molecule has 0 saturated carbocycles. The van der Waals surface area contributed by atoms with Gasteiger partial charge in [-0.2, -0.15) is 0 Å². The third kappa shape index (κ3) is 1.68. The summed E-state index contributed by atoms with van der Waals surface area (Å²) in [6.45, 7) is 0. The zero-order valence-corrected chi connectivity index (χ0v) is 8.95. The number of anilines is 1. The lowest BCUT2D eigenvalue weighted by molar-refractivity contribution is 0.436. The van der Waals surface area contributed by atoms with Crippen molar-refractivity contribution in [2.24, 2.45) is 0 Å². The molecule has 15 heavy (non-hydrogen) atoms. The Bertz CT molecular complexity index is 513. The first-order valence-corrected chi connectivity index (χ1v) is 4.77. The van der Waals surface area contributed by atoms with E-state index in [2.05, 4.69) is 25.6 Å². The van der Waals surface area contributed by atoms with Gasteiger partial charge in [-0.15, -0.1) is 0 Å². The molecule has 0 atom stereocenters. The molecular weight excluding hydrogens is 267 g/mol. The van der Waals surface area contributed by atoms with Gasteiger partial charge in [0.2, 0.25) is 5.88 Å². The molecule has 1 aromatic carbocycles. The van der Waals surface area contributed by atoms with E-state index in [0.29, 0.717) is 11.1 Å². The van der Waals surface area contributed by atoms with E-state index >= 15 is 0 Å². The highest BCUT2D eigenvalue weighted by Crippen LogP contribution is 2.36. The Labute approximate surface area is 92.6 Å². The highest BCUT2D eigenvalue weighted by Gasteiger charge is 2.14. The fraction of sp³-hybridized carbons (Fsp3) is 0. The zero-order valence-electron chi connectivity index (χ0n) is 7.37. The van der Waals surface area contributed by atoms with Gasteiger partial charge < -0.3 is 15.4 Å². The Kier molecular flexibility index (Phi) is 2.36. The second-order valence-electron chi connectivity index (χ2n) is 2.89. The van der Waals surface area contributed by atoms with Gasteiger partial charge in [0.05, 0.1) is 16.2 Å². The van der Waals surface area contributed by atoms with Crippen LogP contribution >= 0.6 is 15.9 Å². The first-order chi connectivity index (χ1) is 7.09. The summed E-state index contributed by atoms with van der Waals surface area (Å²) < 4.78 is 17.9. The summed E-state index contributed by atoms with van der Waals surface area (Å²) in [5, 5.41) is 13.0. The Hall–Kier alpha value is -1.56. The minimum absolute atomic E-state index is 0.0730. The van der Waals surface area contributed by atoms with E-state index < -0.39 is 5.82 Å². The number of hydrogen-bond acceptors (Lipinski definition) is 4. The molecule has 0 aliphatic heterocycles. The summed E-state index contributed by atoms with van der Waals surface area (Å²) in [5.74, 6) is -0.694. The summed E-state index contributed by atoms with van der Waals surface area (Å²) in [5.41, 5.74) is 6.27. The number of aromatic hydroxyl groups is 1. The molecule has 1 heterocycles. The maximum atomic E-state index is 13.0. The molecule has 0 amide bonds. The van der Waals surface area contributed by atoms with Crippen LogP contribution in [0.25, 0.3) is 11.1 Å². The van der Waals surface area contributed by atoms with E-state index in [9.17, 15) is 9.50 Å². The standard InChI is InChI=1S/C9H6BrFN2O2/c10-6-1-4(8(14)2-7(6)11)5-3-13-15-9(5)12/h1-3,14H,12H2. The van der Waals surface area contributed by atoms with Gasteiger partial charge in [0.25, 0.3) is 0 Å². The van der Waals surface area contributed by atoms with Crippen molar-refractivity contribution in [2.75, 3.05) is 5.73 Å². The van der Waals surface area contributed by atoms with Crippen LogP contribution < -0.4 is 5.73 Å². The molecule has 0 unspecified atom stereocenters. The minimum atomic E-state index is -0.550. The number of phenolic OH excluding ortho intramolecular Hbond substituents is 1. The summed E-state index contributed by atoms with van der Waals surface area (Å²) in [7, 11) is 0. The predicted octanol–water partition coefficient (Wildman–Crippen LogP) is 2.53. The van der Waals surface area contributed by atoms with Gasteiger partial charge in [-0.05, 0) is 22.0 Å². The van der Waals surface area contributed by atoms with Crippen LogP contribution in [0.3, 0.4) is 0 Å². The third-order valence-electron chi connectivity index (χ3n) is 1.93. The maximum Gasteiger partial charge on any atom is 0.230 e. The Morgan fingerprint density at radius 2 is 2.13 bits per heavy atom. The van der Waals surface area contributed by atoms with Gasteiger partial charge in [0, 0.05) is 11.6 Å². The SMILES string of the molecule is Nc1oncc1-c1cc(Br)c(F)cc1O. The fourth-order valence-corrected chi connectivity index (χ4v) is 1.55. The van der Waals surface area contributed by atoms with Gasteiger partial charge in [-0.1, -0.05) is 5.16 Å². The van der Waals surface area contributed by atoms with Gasteiger partial charge >= 0.3 is 0 Å². The first kappa shape index (κ1) is 9.97. The van der Waals surface area contributed by atoms with Crippen LogP contribution in [0.1, 0.15) is 0 Å². The lowest BCUT2D eigenvalue weighted by Crippen LogP contribution is -1.87. The lowest BCUT2D eigenvalue weighted by atomic mass is 10.1. The molecule has 2 rings (SSSR count). The number of nitrogen functional groups attached to an aromatic ring is 1. The van der Waals surface area contributed by atoms with E-state index in [1.807, 2.05) is 0 Å². The van der Waals surface area contributed by atoms with Crippen LogP contribution in [0.15, 0.2) is 27.3 Å². The Morgan fingerprint density at radius 3 is 2.73 bits per heavy atom. The summed E-state index contributed by atoms with van der Waals surface area (Å²) in [4.78, 5) is 0. The van der Waals surface area contributed by atoms with Gasteiger partial charge in [-0.3, -0.25) is 0 Å². The number of nitrogens with zero attached hydrogens (tertiary/aromatic N) is 1. The van der Waals surface area contributed by atoms with Crippen LogP contribution in [0, 0.1) is 5.82 Å². The molecule has 0 aliphatic carbocycles. The fourth-order valence-electron chi connectivity index (χ4n) is 1.20. The van der Waals surface area contributed by atoms with Crippen molar-refractivity contribution in [3.63, 3.8) is 0 Å². The molecule has 3 N–H and O–H groups in total. The molecule has 78 valence electrons. The van der Waals surface area contributed by atoms with Crippen molar-refractivity contribution in [3.8, 4) is 16.9 Å². The smallest absolute Gasteiger partial charge is 0.230 e. The van der Waals surface area contributed by atoms with Crippen molar-refractivity contribution in [1.29, 1.82) is 0 Å². The normalized spacial score (nSPS) is 10.5. The molecule has 6 heteroatoms. The zero-order chi connectivity index (χ0) is 11.0. The van der Waals surface area contributed by atoms with Crippen molar-refractivity contribution in [1.82, 2.24) is 5.16 Å². The van der Waals surface area contributed by atoms with Crippen LogP contribution in [-0.4, -0.2) is 10.3 Å². The molecule has 0 radical (unpaired) electrons. The quantitative estimate of drug-likeness (QED) is 0.837. The highest BCUT2D eigenvalue weighted by molar-refractivity contribution is 9.10. The number of aromatic nitrogens is 1. The number of phenols is 1. The summed E-state index contributed by atoms with van der Waals surface area (Å²) in [6.07, 6.45) is 1.36. The van der Waals surface area contributed by atoms with E-state index in [4.69, 9.17) is 5.73 Å². The average Bonchev–Trinajstić information content (AvgIpc) is 2.58. The van der Waals surface area contributed by atoms with Crippen molar-refractivity contribution in [3.05, 3.63) is 28.6 Å². The Morgan fingerprint density at radius 1 is 1.40 bits per heavy atom. The molecule has 1 aromatic heterocycles. The lowest BCUT2D eigenvalue weighted by Gasteiger charge is -2.03. The highest BCUT2D eigenvalue weighted by atomic mass is 79.9. The van der Waals surface area contributed by atoms with Crippen LogP contribution in [-0.2, 0) is 0 Å². The number of nitrogens with two attached hydrogens (primary N) is 1. The van der Waals surface area contributed by atoms with Crippen molar-refractivity contribution < 1.29 is 14.0 Å². The number of benzene rings is 1. The van der Waals surface area contributed by atoms with E-state index in [-0.39, 0.29) is 16.1 Å². The third-order valence-corrected chi connectivity index (χ3v) is 2.53. The number of hydrogen-bond donors (Lipinski definition) is 2. The number of rotatable bonds is 1. The Balaban J connectivity index is 2.64. The summed E-state index contributed by atoms with van der Waals surface area (Å²) in [6, 6.07) is 2.40. The maximum absolute atomic E-state index is 13.0. The molecule has 0 spiro atoms. The van der Waals surface area contributed by atoms with Crippen LogP contribution in [0.5, 0.6) is 5.75 Å².